The van der Waals surface area contributed by atoms with E-state index in [9.17, 15) is 8.42 Å². The Bertz CT molecular complexity index is 864. The fraction of sp³-hybridized carbons (Fsp3) is 0.111. The van der Waals surface area contributed by atoms with E-state index in [0.717, 1.165) is 6.26 Å². The molecule has 0 amide bonds. The quantitative estimate of drug-likeness (QED) is 0.647. The third-order valence-electron chi connectivity index (χ3n) is 2.57. The molecule has 19 heavy (non-hydrogen) atoms. The lowest BCUT2D eigenvalue weighted by Crippen LogP contribution is -2.07. The number of nitrogen functional groups attached to an aromatic ring is 1. The molecule has 98 valence electrons. The van der Waals surface area contributed by atoms with Gasteiger partial charge in [-0.05, 0) is 0 Å². The number of hydrogen-bond donors (Lipinski definition) is 2. The fourth-order valence-corrected chi connectivity index (χ4v) is 2.42. The summed E-state index contributed by atoms with van der Waals surface area (Å²) >= 11 is 0. The van der Waals surface area contributed by atoms with Gasteiger partial charge in [-0.2, -0.15) is 9.78 Å². The molecule has 0 radical (unpaired) electrons. The van der Waals surface area contributed by atoms with E-state index in [-0.39, 0.29) is 10.7 Å². The molecule has 0 aliphatic heterocycles. The minimum absolute atomic E-state index is 0.00269. The van der Waals surface area contributed by atoms with Gasteiger partial charge < -0.3 is 10.7 Å². The molecule has 3 N–H and O–H groups in total. The van der Waals surface area contributed by atoms with Gasteiger partial charge >= 0.3 is 0 Å². The van der Waals surface area contributed by atoms with Crippen LogP contribution >= 0.6 is 0 Å². The summed E-state index contributed by atoms with van der Waals surface area (Å²) in [7, 11) is -3.44. The molecule has 0 aliphatic carbocycles. The average Bonchev–Trinajstić information content (AvgIpc) is 2.93. The van der Waals surface area contributed by atoms with Gasteiger partial charge in [-0.3, -0.25) is 0 Å². The summed E-state index contributed by atoms with van der Waals surface area (Å²) in [6, 6.07) is 0. The Kier molecular flexibility index (Phi) is 2.29. The summed E-state index contributed by atoms with van der Waals surface area (Å²) in [5.41, 5.74) is 6.78. The van der Waals surface area contributed by atoms with Crippen molar-refractivity contribution in [2.45, 2.75) is 4.90 Å². The zero-order chi connectivity index (χ0) is 13.6. The topological polar surface area (TPSA) is 132 Å². The van der Waals surface area contributed by atoms with E-state index in [0.29, 0.717) is 17.0 Å². The second-order valence-corrected chi connectivity index (χ2v) is 5.86. The van der Waals surface area contributed by atoms with Crippen LogP contribution < -0.4 is 5.73 Å². The van der Waals surface area contributed by atoms with E-state index < -0.39 is 9.84 Å². The summed E-state index contributed by atoms with van der Waals surface area (Å²) < 4.78 is 24.3. The van der Waals surface area contributed by atoms with Crippen molar-refractivity contribution in [3.05, 3.63) is 18.9 Å². The van der Waals surface area contributed by atoms with Gasteiger partial charge in [-0.1, -0.05) is 0 Å². The fourth-order valence-electron chi connectivity index (χ4n) is 1.71. The first-order chi connectivity index (χ1) is 8.98. The first kappa shape index (κ1) is 11.6. The summed E-state index contributed by atoms with van der Waals surface area (Å²) in [5, 5.41) is 3.96. The van der Waals surface area contributed by atoms with Gasteiger partial charge in [0, 0.05) is 6.26 Å². The van der Waals surface area contributed by atoms with Crippen LogP contribution in [0.25, 0.3) is 17.0 Å². The highest BCUT2D eigenvalue weighted by Crippen LogP contribution is 2.22. The SMILES string of the molecule is CS(=O)(=O)c1cnn(-c2ncnc3nc[nH]c23)c1N. The smallest absolute Gasteiger partial charge is 0.184 e. The maximum absolute atomic E-state index is 11.5. The minimum Gasteiger partial charge on any atom is -0.382 e. The molecule has 0 spiro atoms. The van der Waals surface area contributed by atoms with E-state index in [2.05, 4.69) is 25.0 Å². The van der Waals surface area contributed by atoms with Gasteiger partial charge in [0.15, 0.2) is 21.3 Å². The molecule has 0 unspecified atom stereocenters. The zero-order valence-corrected chi connectivity index (χ0v) is 10.6. The molecule has 0 fully saturated rings. The van der Waals surface area contributed by atoms with Crippen LogP contribution in [0.15, 0.2) is 23.7 Å². The van der Waals surface area contributed by atoms with Crippen molar-refractivity contribution in [2.75, 3.05) is 12.0 Å². The molecular formula is C9H9N7O2S. The van der Waals surface area contributed by atoms with Crippen molar-refractivity contribution in [3.8, 4) is 5.82 Å². The van der Waals surface area contributed by atoms with Crippen LogP contribution in [0, 0.1) is 0 Å². The first-order valence-corrected chi connectivity index (χ1v) is 7.05. The van der Waals surface area contributed by atoms with E-state index in [1.54, 1.807) is 0 Å². The summed E-state index contributed by atoms with van der Waals surface area (Å²) in [5.74, 6) is 0.340. The number of hydrogen-bond acceptors (Lipinski definition) is 7. The van der Waals surface area contributed by atoms with Crippen molar-refractivity contribution in [2.24, 2.45) is 0 Å². The van der Waals surface area contributed by atoms with Crippen LogP contribution in [0.2, 0.25) is 0 Å². The van der Waals surface area contributed by atoms with Gasteiger partial charge in [-0.15, -0.1) is 0 Å². The number of nitrogens with two attached hydrogens (primary N) is 1. The number of H-pyrrole nitrogens is 1. The predicted octanol–water partition coefficient (Wildman–Crippen LogP) is -0.476. The van der Waals surface area contributed by atoms with Crippen molar-refractivity contribution >= 4 is 26.8 Å². The van der Waals surface area contributed by atoms with E-state index >= 15 is 0 Å². The third kappa shape index (κ3) is 1.73. The van der Waals surface area contributed by atoms with Gasteiger partial charge in [0.1, 0.15) is 22.6 Å². The van der Waals surface area contributed by atoms with E-state index in [1.165, 1.54) is 23.5 Å². The largest absolute Gasteiger partial charge is 0.382 e. The standard InChI is InChI=1S/C9H9N7O2S/c1-19(17,18)5-2-15-16(7(5)10)9-6-8(12-3-11-6)13-4-14-9/h2-4H,10H2,1H3,(H,11,12,13,14). The lowest BCUT2D eigenvalue weighted by Gasteiger charge is -2.03. The van der Waals surface area contributed by atoms with Crippen LogP contribution in [0.1, 0.15) is 0 Å². The zero-order valence-electron chi connectivity index (χ0n) is 9.77. The number of rotatable bonds is 2. The number of anilines is 1. The number of nitrogens with one attached hydrogen (secondary N) is 1. The number of fused-ring (bicyclic) bond motifs is 1. The van der Waals surface area contributed by atoms with Crippen molar-refractivity contribution in [1.29, 1.82) is 0 Å². The lowest BCUT2D eigenvalue weighted by molar-refractivity contribution is 0.602. The van der Waals surface area contributed by atoms with Gasteiger partial charge in [0.2, 0.25) is 0 Å². The van der Waals surface area contributed by atoms with E-state index in [4.69, 9.17) is 5.73 Å². The highest BCUT2D eigenvalue weighted by molar-refractivity contribution is 7.90. The van der Waals surface area contributed by atoms with Crippen LogP contribution in [0.5, 0.6) is 0 Å². The van der Waals surface area contributed by atoms with Crippen molar-refractivity contribution in [1.82, 2.24) is 29.7 Å². The summed E-state index contributed by atoms with van der Waals surface area (Å²) in [6.07, 6.45) is 5.02. The summed E-state index contributed by atoms with van der Waals surface area (Å²) in [6.45, 7) is 0. The van der Waals surface area contributed by atoms with Crippen LogP contribution in [-0.2, 0) is 9.84 Å². The molecule has 0 bridgehead atoms. The highest BCUT2D eigenvalue weighted by atomic mass is 32.2. The molecule has 10 heteroatoms. The maximum Gasteiger partial charge on any atom is 0.184 e. The van der Waals surface area contributed by atoms with Crippen LogP contribution in [0.3, 0.4) is 0 Å². The number of aromatic amines is 1. The Morgan fingerprint density at radius 2 is 2.11 bits per heavy atom. The monoisotopic (exact) mass is 279 g/mol. The second kappa shape index (κ2) is 3.75. The number of sulfone groups is 1. The van der Waals surface area contributed by atoms with Gasteiger partial charge in [0.25, 0.3) is 0 Å². The molecule has 3 aromatic heterocycles. The van der Waals surface area contributed by atoms with E-state index in [1.807, 2.05) is 0 Å². The molecule has 3 aromatic rings. The summed E-state index contributed by atoms with van der Waals surface area (Å²) in [4.78, 5) is 14.8. The molecule has 3 rings (SSSR count). The molecular weight excluding hydrogens is 270 g/mol. The molecule has 0 saturated heterocycles. The molecule has 0 aromatic carbocycles. The Balaban J connectivity index is 2.29. The average molecular weight is 279 g/mol. The highest BCUT2D eigenvalue weighted by Gasteiger charge is 2.20. The predicted molar refractivity (Wildman–Crippen MR) is 66.3 cm³/mol. The van der Waals surface area contributed by atoms with Crippen molar-refractivity contribution in [3.63, 3.8) is 0 Å². The first-order valence-electron chi connectivity index (χ1n) is 5.16. The Morgan fingerprint density at radius 3 is 2.79 bits per heavy atom. The molecule has 0 saturated carbocycles. The van der Waals surface area contributed by atoms with Crippen molar-refractivity contribution < 1.29 is 8.42 Å². The number of imidazole rings is 1. The minimum atomic E-state index is -3.44. The molecule has 9 nitrogen and oxygen atoms in total. The third-order valence-corrected chi connectivity index (χ3v) is 3.69. The maximum atomic E-state index is 11.5. The lowest BCUT2D eigenvalue weighted by atomic mass is 10.5. The Morgan fingerprint density at radius 1 is 1.32 bits per heavy atom. The molecule has 0 aliphatic rings. The normalized spacial score (nSPS) is 12.1. The molecule has 3 heterocycles. The van der Waals surface area contributed by atoms with Gasteiger partial charge in [0.05, 0.1) is 12.5 Å². The number of aromatic nitrogens is 6. The Hall–Kier alpha value is -2.49. The van der Waals surface area contributed by atoms with Crippen LogP contribution in [0.4, 0.5) is 5.82 Å². The molecule has 0 atom stereocenters. The number of nitrogens with zero attached hydrogens (tertiary/aromatic N) is 5. The second-order valence-electron chi connectivity index (χ2n) is 3.88. The van der Waals surface area contributed by atoms with Crippen LogP contribution in [-0.4, -0.2) is 44.4 Å². The Labute approximate surface area is 107 Å². The van der Waals surface area contributed by atoms with Gasteiger partial charge in [-0.25, -0.2) is 23.4 Å².